The molecule has 1 aliphatic heterocycles. The first kappa shape index (κ1) is 18.4. The maximum atomic E-state index is 11.9. The van der Waals surface area contributed by atoms with Crippen LogP contribution in [0.5, 0.6) is 0 Å². The Labute approximate surface area is 130 Å². The Morgan fingerprint density at radius 3 is 2.43 bits per heavy atom. The van der Waals surface area contributed by atoms with Gasteiger partial charge in [0.2, 0.25) is 0 Å². The summed E-state index contributed by atoms with van der Waals surface area (Å²) in [5, 5.41) is 3.13. The van der Waals surface area contributed by atoms with Gasteiger partial charge in [-0.15, -0.1) is 0 Å². The summed E-state index contributed by atoms with van der Waals surface area (Å²) >= 11 is 0. The van der Waals surface area contributed by atoms with Gasteiger partial charge in [0.1, 0.15) is 5.54 Å². The lowest BCUT2D eigenvalue weighted by Gasteiger charge is -2.39. The molecule has 1 heterocycles. The second kappa shape index (κ2) is 8.11. The number of likely N-dealkylation sites (tertiary alicyclic amines) is 1. The molecule has 0 aliphatic carbocycles. The van der Waals surface area contributed by atoms with Crippen molar-refractivity contribution in [2.24, 2.45) is 5.92 Å². The zero-order valence-corrected chi connectivity index (χ0v) is 14.6. The highest BCUT2D eigenvalue weighted by Crippen LogP contribution is 2.23. The van der Waals surface area contributed by atoms with Crippen LogP contribution < -0.4 is 5.32 Å². The number of carbonyl (C=O) groups is 1. The summed E-state index contributed by atoms with van der Waals surface area (Å²) in [5.41, 5.74) is -0.603. The molecule has 1 fully saturated rings. The molecule has 0 aromatic carbocycles. The van der Waals surface area contributed by atoms with Crippen molar-refractivity contribution in [2.45, 2.75) is 44.7 Å². The van der Waals surface area contributed by atoms with Gasteiger partial charge in [-0.05, 0) is 73.3 Å². The molecule has 1 N–H and O–H groups in total. The van der Waals surface area contributed by atoms with Crippen molar-refractivity contribution in [3.8, 4) is 0 Å². The molecule has 1 saturated heterocycles. The number of nitrogens with one attached hydrogen (secondary N) is 1. The smallest absolute Gasteiger partial charge is 0.325 e. The number of piperidine rings is 1. The Bertz CT molecular complexity index is 327. The summed E-state index contributed by atoms with van der Waals surface area (Å²) < 4.78 is 4.93. The molecule has 5 heteroatoms. The molecule has 21 heavy (non-hydrogen) atoms. The SMILES string of the molecule is CNC(C)(CC(C)N1CCC(CN(C)C)CC1)C(=O)OC. The van der Waals surface area contributed by atoms with E-state index >= 15 is 0 Å². The minimum absolute atomic E-state index is 0.181. The van der Waals surface area contributed by atoms with Crippen LogP contribution in [0, 0.1) is 5.92 Å². The predicted molar refractivity (Wildman–Crippen MR) is 86.4 cm³/mol. The third-order valence-electron chi connectivity index (χ3n) is 4.79. The van der Waals surface area contributed by atoms with Gasteiger partial charge in [-0.2, -0.15) is 0 Å². The molecular weight excluding hydrogens is 266 g/mol. The zero-order chi connectivity index (χ0) is 16.0. The van der Waals surface area contributed by atoms with Crippen molar-refractivity contribution in [1.29, 1.82) is 0 Å². The number of esters is 1. The van der Waals surface area contributed by atoms with Crippen molar-refractivity contribution >= 4 is 5.97 Å². The fourth-order valence-corrected chi connectivity index (χ4v) is 3.33. The van der Waals surface area contributed by atoms with Crippen LogP contribution in [-0.2, 0) is 9.53 Å². The molecular formula is C16H33N3O2. The van der Waals surface area contributed by atoms with Gasteiger partial charge in [0.15, 0.2) is 0 Å². The van der Waals surface area contributed by atoms with E-state index in [4.69, 9.17) is 4.74 Å². The third kappa shape index (κ3) is 5.24. The van der Waals surface area contributed by atoms with E-state index in [0.717, 1.165) is 25.4 Å². The van der Waals surface area contributed by atoms with Gasteiger partial charge in [0.25, 0.3) is 0 Å². The maximum absolute atomic E-state index is 11.9. The van der Waals surface area contributed by atoms with Gasteiger partial charge in [-0.1, -0.05) is 0 Å². The van der Waals surface area contributed by atoms with Crippen LogP contribution in [0.15, 0.2) is 0 Å². The van der Waals surface area contributed by atoms with E-state index in [1.54, 1.807) is 0 Å². The number of carbonyl (C=O) groups excluding carboxylic acids is 1. The molecule has 0 amide bonds. The van der Waals surface area contributed by atoms with Gasteiger partial charge in [-0.25, -0.2) is 0 Å². The second-order valence-electron chi connectivity index (χ2n) is 6.87. The number of methoxy groups -OCH3 is 1. The van der Waals surface area contributed by atoms with E-state index in [9.17, 15) is 4.79 Å². The Kier molecular flexibility index (Phi) is 7.10. The van der Waals surface area contributed by atoms with Gasteiger partial charge >= 0.3 is 5.97 Å². The lowest BCUT2D eigenvalue weighted by atomic mass is 9.90. The highest BCUT2D eigenvalue weighted by atomic mass is 16.5. The van der Waals surface area contributed by atoms with E-state index in [2.05, 4.69) is 36.1 Å². The van der Waals surface area contributed by atoms with E-state index in [1.165, 1.54) is 26.5 Å². The van der Waals surface area contributed by atoms with Crippen LogP contribution in [0.25, 0.3) is 0 Å². The number of hydrogen-bond donors (Lipinski definition) is 1. The Morgan fingerprint density at radius 1 is 1.43 bits per heavy atom. The zero-order valence-electron chi connectivity index (χ0n) is 14.6. The molecule has 1 rings (SSSR count). The highest BCUT2D eigenvalue weighted by molar-refractivity contribution is 5.80. The van der Waals surface area contributed by atoms with Crippen LogP contribution >= 0.6 is 0 Å². The third-order valence-corrected chi connectivity index (χ3v) is 4.79. The number of hydrogen-bond acceptors (Lipinski definition) is 5. The standard InChI is InChI=1S/C16H33N3O2/c1-13(11-16(2,17-3)15(20)21-6)19-9-7-14(8-10-19)12-18(4)5/h13-14,17H,7-12H2,1-6H3. The number of likely N-dealkylation sites (N-methyl/N-ethyl adjacent to an activating group) is 1. The van der Waals surface area contributed by atoms with Gasteiger partial charge in [0.05, 0.1) is 7.11 Å². The molecule has 0 spiro atoms. The molecule has 2 atom stereocenters. The molecule has 0 aromatic heterocycles. The summed E-state index contributed by atoms with van der Waals surface area (Å²) in [6, 6.07) is 0.377. The normalized spacial score (nSPS) is 22.0. The highest BCUT2D eigenvalue weighted by Gasteiger charge is 2.36. The summed E-state index contributed by atoms with van der Waals surface area (Å²) in [6.45, 7) is 7.57. The summed E-state index contributed by atoms with van der Waals surface area (Å²) in [6.07, 6.45) is 3.27. The molecule has 124 valence electrons. The number of rotatable bonds is 7. The number of nitrogens with zero attached hydrogens (tertiary/aromatic N) is 2. The molecule has 5 nitrogen and oxygen atoms in total. The van der Waals surface area contributed by atoms with Gasteiger partial charge < -0.3 is 19.9 Å². The van der Waals surface area contributed by atoms with Crippen molar-refractivity contribution in [2.75, 3.05) is 47.9 Å². The predicted octanol–water partition coefficient (Wildman–Crippen LogP) is 1.19. The van der Waals surface area contributed by atoms with E-state index in [0.29, 0.717) is 6.04 Å². The first-order valence-electron chi connectivity index (χ1n) is 7.98. The van der Waals surface area contributed by atoms with Crippen molar-refractivity contribution < 1.29 is 9.53 Å². The first-order chi connectivity index (χ1) is 9.82. The van der Waals surface area contributed by atoms with Crippen molar-refractivity contribution in [1.82, 2.24) is 15.1 Å². The summed E-state index contributed by atoms with van der Waals surface area (Å²) in [4.78, 5) is 16.7. The summed E-state index contributed by atoms with van der Waals surface area (Å²) in [7, 11) is 7.57. The second-order valence-corrected chi connectivity index (χ2v) is 6.87. The number of ether oxygens (including phenoxy) is 1. The molecule has 0 radical (unpaired) electrons. The molecule has 1 aliphatic rings. The molecule has 0 saturated carbocycles. The van der Waals surface area contributed by atoms with E-state index in [1.807, 2.05) is 14.0 Å². The van der Waals surface area contributed by atoms with Crippen LogP contribution in [0.2, 0.25) is 0 Å². The fraction of sp³-hybridized carbons (Fsp3) is 0.938. The van der Waals surface area contributed by atoms with Crippen molar-refractivity contribution in [3.05, 3.63) is 0 Å². The largest absolute Gasteiger partial charge is 0.468 e. The fourth-order valence-electron chi connectivity index (χ4n) is 3.33. The van der Waals surface area contributed by atoms with Crippen LogP contribution in [0.1, 0.15) is 33.1 Å². The van der Waals surface area contributed by atoms with Crippen LogP contribution in [-0.4, -0.2) is 75.2 Å². The van der Waals surface area contributed by atoms with Crippen molar-refractivity contribution in [3.63, 3.8) is 0 Å². The van der Waals surface area contributed by atoms with Crippen LogP contribution in [0.3, 0.4) is 0 Å². The van der Waals surface area contributed by atoms with Gasteiger partial charge in [0, 0.05) is 12.6 Å². The molecule has 2 unspecified atom stereocenters. The quantitative estimate of drug-likeness (QED) is 0.716. The maximum Gasteiger partial charge on any atom is 0.325 e. The average Bonchev–Trinajstić information content (AvgIpc) is 2.46. The summed E-state index contributed by atoms with van der Waals surface area (Å²) in [5.74, 6) is 0.624. The van der Waals surface area contributed by atoms with E-state index in [-0.39, 0.29) is 5.97 Å². The first-order valence-corrected chi connectivity index (χ1v) is 7.98. The Hall–Kier alpha value is -0.650. The van der Waals surface area contributed by atoms with E-state index < -0.39 is 5.54 Å². The molecule has 0 aromatic rings. The molecule has 0 bridgehead atoms. The monoisotopic (exact) mass is 299 g/mol. The minimum Gasteiger partial charge on any atom is -0.468 e. The Morgan fingerprint density at radius 2 is 2.00 bits per heavy atom. The minimum atomic E-state index is -0.603. The lowest BCUT2D eigenvalue weighted by molar-refractivity contribution is -0.148. The van der Waals surface area contributed by atoms with Crippen LogP contribution in [0.4, 0.5) is 0 Å². The average molecular weight is 299 g/mol. The topological polar surface area (TPSA) is 44.8 Å². The Balaban J connectivity index is 2.50. The van der Waals surface area contributed by atoms with Gasteiger partial charge in [-0.3, -0.25) is 4.79 Å². The lowest BCUT2D eigenvalue weighted by Crippen LogP contribution is -2.53.